The van der Waals surface area contributed by atoms with Crippen molar-refractivity contribution in [1.82, 2.24) is 0 Å². The van der Waals surface area contributed by atoms with Gasteiger partial charge < -0.3 is 0 Å². The number of carbonyl (C=O) groups is 2. The highest BCUT2D eigenvalue weighted by molar-refractivity contribution is 8.00. The molecule has 0 bridgehead atoms. The Hall–Kier alpha value is -1.09. The molecule has 0 saturated carbocycles. The normalized spacial score (nSPS) is 10.1. The maximum atomic E-state index is 11.6. The molecule has 0 aliphatic carbocycles. The van der Waals surface area contributed by atoms with Gasteiger partial charge in [0.15, 0.2) is 5.78 Å². The third-order valence-electron chi connectivity index (χ3n) is 2.10. The van der Waals surface area contributed by atoms with E-state index in [-0.39, 0.29) is 11.6 Å². The lowest BCUT2D eigenvalue weighted by molar-refractivity contribution is -0.114. The van der Waals surface area contributed by atoms with Gasteiger partial charge in [-0.2, -0.15) is 0 Å². The summed E-state index contributed by atoms with van der Waals surface area (Å²) >= 11 is 1.50. The average Bonchev–Trinajstić information content (AvgIpc) is 2.27. The first-order valence-electron chi connectivity index (χ1n) is 5.39. The van der Waals surface area contributed by atoms with E-state index in [9.17, 15) is 9.59 Å². The van der Waals surface area contributed by atoms with Gasteiger partial charge in [0.1, 0.15) is 5.78 Å². The lowest BCUT2D eigenvalue weighted by atomic mass is 10.1. The number of benzene rings is 1. The second-order valence-electron chi connectivity index (χ2n) is 3.69. The van der Waals surface area contributed by atoms with Crippen LogP contribution in [0.3, 0.4) is 0 Å². The van der Waals surface area contributed by atoms with Crippen LogP contribution in [0.4, 0.5) is 0 Å². The van der Waals surface area contributed by atoms with Gasteiger partial charge in [-0.05, 0) is 25.5 Å². The third-order valence-corrected chi connectivity index (χ3v) is 3.25. The van der Waals surface area contributed by atoms with Gasteiger partial charge in [-0.3, -0.25) is 9.59 Å². The molecule has 86 valence electrons. The smallest absolute Gasteiger partial charge is 0.162 e. The zero-order chi connectivity index (χ0) is 12.0. The van der Waals surface area contributed by atoms with Crippen molar-refractivity contribution >= 4 is 23.3 Å². The van der Waals surface area contributed by atoms with E-state index in [0.717, 1.165) is 16.9 Å². The second kappa shape index (κ2) is 6.48. The van der Waals surface area contributed by atoms with Crippen molar-refractivity contribution in [2.45, 2.75) is 31.6 Å². The molecular weight excluding hydrogens is 220 g/mol. The highest BCUT2D eigenvalue weighted by Crippen LogP contribution is 2.19. The lowest BCUT2D eigenvalue weighted by Crippen LogP contribution is -1.97. The minimum absolute atomic E-state index is 0.163. The standard InChI is InChI=1S/C13H16O2S/c1-3-4-13(15)11-5-7-12(8-6-11)16-9-10(2)14/h5-8H,3-4,9H2,1-2H3. The van der Waals surface area contributed by atoms with Crippen molar-refractivity contribution in [3.05, 3.63) is 29.8 Å². The number of thioether (sulfide) groups is 1. The van der Waals surface area contributed by atoms with Crippen molar-refractivity contribution in [3.8, 4) is 0 Å². The highest BCUT2D eigenvalue weighted by atomic mass is 32.2. The SMILES string of the molecule is CCCC(=O)c1ccc(SCC(C)=O)cc1. The summed E-state index contributed by atoms with van der Waals surface area (Å²) in [6.45, 7) is 3.57. The van der Waals surface area contributed by atoms with Gasteiger partial charge in [-0.15, -0.1) is 11.8 Å². The van der Waals surface area contributed by atoms with Gasteiger partial charge in [0.25, 0.3) is 0 Å². The topological polar surface area (TPSA) is 34.1 Å². The van der Waals surface area contributed by atoms with Crippen molar-refractivity contribution in [3.63, 3.8) is 0 Å². The van der Waals surface area contributed by atoms with Gasteiger partial charge >= 0.3 is 0 Å². The third kappa shape index (κ3) is 4.19. The maximum Gasteiger partial charge on any atom is 0.162 e. The Balaban J connectivity index is 2.60. The first-order valence-corrected chi connectivity index (χ1v) is 6.37. The molecule has 1 aromatic rings. The Kier molecular flexibility index (Phi) is 5.26. The molecule has 0 fully saturated rings. The van der Waals surface area contributed by atoms with E-state index in [4.69, 9.17) is 0 Å². The van der Waals surface area contributed by atoms with Gasteiger partial charge in [-0.1, -0.05) is 19.1 Å². The molecule has 0 N–H and O–H groups in total. The summed E-state index contributed by atoms with van der Waals surface area (Å²) in [6.07, 6.45) is 1.47. The van der Waals surface area contributed by atoms with Crippen molar-refractivity contribution in [1.29, 1.82) is 0 Å². The van der Waals surface area contributed by atoms with E-state index in [1.165, 1.54) is 11.8 Å². The molecule has 0 aliphatic heterocycles. The number of hydrogen-bond acceptors (Lipinski definition) is 3. The Morgan fingerprint density at radius 3 is 2.31 bits per heavy atom. The van der Waals surface area contributed by atoms with E-state index in [1.807, 2.05) is 31.2 Å². The molecule has 0 radical (unpaired) electrons. The minimum atomic E-state index is 0.163. The number of hydrogen-bond donors (Lipinski definition) is 0. The first-order chi connectivity index (χ1) is 7.63. The van der Waals surface area contributed by atoms with Crippen LogP contribution in [0.25, 0.3) is 0 Å². The molecule has 0 unspecified atom stereocenters. The van der Waals surface area contributed by atoms with Crippen molar-refractivity contribution < 1.29 is 9.59 Å². The summed E-state index contributed by atoms with van der Waals surface area (Å²) in [5.41, 5.74) is 0.758. The predicted octanol–water partition coefficient (Wildman–Crippen LogP) is 3.35. The molecule has 0 heterocycles. The predicted molar refractivity (Wildman–Crippen MR) is 67.1 cm³/mol. The van der Waals surface area contributed by atoms with Crippen LogP contribution < -0.4 is 0 Å². The summed E-state index contributed by atoms with van der Waals surface area (Å²) in [5.74, 6) is 0.837. The largest absolute Gasteiger partial charge is 0.299 e. The van der Waals surface area contributed by atoms with Crippen LogP contribution in [-0.2, 0) is 4.79 Å². The lowest BCUT2D eigenvalue weighted by Gasteiger charge is -2.02. The minimum Gasteiger partial charge on any atom is -0.299 e. The van der Waals surface area contributed by atoms with Crippen molar-refractivity contribution in [2.24, 2.45) is 0 Å². The first kappa shape index (κ1) is 13.0. The van der Waals surface area contributed by atoms with E-state index < -0.39 is 0 Å². The molecule has 0 spiro atoms. The molecule has 0 aliphatic rings. The van der Waals surface area contributed by atoms with E-state index in [0.29, 0.717) is 12.2 Å². The fraction of sp³-hybridized carbons (Fsp3) is 0.385. The van der Waals surface area contributed by atoms with E-state index in [2.05, 4.69) is 0 Å². The highest BCUT2D eigenvalue weighted by Gasteiger charge is 2.04. The Morgan fingerprint density at radius 2 is 1.81 bits per heavy atom. The summed E-state index contributed by atoms with van der Waals surface area (Å²) in [4.78, 5) is 23.4. The van der Waals surface area contributed by atoms with Gasteiger partial charge in [0.2, 0.25) is 0 Å². The van der Waals surface area contributed by atoms with Crippen LogP contribution in [0, 0.1) is 0 Å². The van der Waals surface area contributed by atoms with Gasteiger partial charge in [-0.25, -0.2) is 0 Å². The van der Waals surface area contributed by atoms with Crippen LogP contribution in [-0.4, -0.2) is 17.3 Å². The number of ketones is 2. The fourth-order valence-corrected chi connectivity index (χ4v) is 1.99. The molecule has 1 aromatic carbocycles. The molecular formula is C13H16O2S. The van der Waals surface area contributed by atoms with Crippen LogP contribution in [0.15, 0.2) is 29.2 Å². The summed E-state index contributed by atoms with van der Waals surface area (Å²) in [7, 11) is 0. The average molecular weight is 236 g/mol. The number of carbonyl (C=O) groups excluding carboxylic acids is 2. The Morgan fingerprint density at radius 1 is 1.19 bits per heavy atom. The van der Waals surface area contributed by atoms with E-state index >= 15 is 0 Å². The van der Waals surface area contributed by atoms with Crippen LogP contribution >= 0.6 is 11.8 Å². The van der Waals surface area contributed by atoms with Crippen LogP contribution in [0.2, 0.25) is 0 Å². The van der Waals surface area contributed by atoms with Gasteiger partial charge in [0, 0.05) is 16.9 Å². The Bertz CT molecular complexity index is 368. The fourth-order valence-electron chi connectivity index (χ4n) is 1.29. The van der Waals surface area contributed by atoms with Crippen LogP contribution in [0.1, 0.15) is 37.0 Å². The quantitative estimate of drug-likeness (QED) is 0.561. The molecule has 0 saturated heterocycles. The maximum absolute atomic E-state index is 11.6. The molecule has 2 nitrogen and oxygen atoms in total. The summed E-state index contributed by atoms with van der Waals surface area (Å²) in [5, 5.41) is 0. The monoisotopic (exact) mass is 236 g/mol. The van der Waals surface area contributed by atoms with Crippen LogP contribution in [0.5, 0.6) is 0 Å². The molecule has 3 heteroatoms. The second-order valence-corrected chi connectivity index (χ2v) is 4.74. The summed E-state index contributed by atoms with van der Waals surface area (Å²) < 4.78 is 0. The molecule has 0 atom stereocenters. The van der Waals surface area contributed by atoms with Gasteiger partial charge in [0.05, 0.1) is 5.75 Å². The number of rotatable bonds is 6. The number of Topliss-reactive ketones (excluding diaryl/α,β-unsaturated/α-hetero) is 2. The van der Waals surface area contributed by atoms with Crippen molar-refractivity contribution in [2.75, 3.05) is 5.75 Å². The zero-order valence-corrected chi connectivity index (χ0v) is 10.5. The molecule has 1 rings (SSSR count). The molecule has 16 heavy (non-hydrogen) atoms. The molecule has 0 aromatic heterocycles. The van der Waals surface area contributed by atoms with E-state index in [1.54, 1.807) is 6.92 Å². The molecule has 0 amide bonds. The Labute approximate surface area is 100 Å². The zero-order valence-electron chi connectivity index (χ0n) is 9.66. The summed E-state index contributed by atoms with van der Waals surface area (Å²) in [6, 6.07) is 7.47.